The number of hydrogen-bond donors (Lipinski definition) is 1. The quantitative estimate of drug-likeness (QED) is 0.702. The molecule has 0 aliphatic heterocycles. The largest absolute Gasteiger partial charge is 0.419 e. The van der Waals surface area contributed by atoms with Gasteiger partial charge in [0.2, 0.25) is 5.95 Å². The van der Waals surface area contributed by atoms with E-state index in [0.717, 1.165) is 12.1 Å². The minimum absolute atomic E-state index is 0.000562. The van der Waals surface area contributed by atoms with E-state index in [9.17, 15) is 17.6 Å². The van der Waals surface area contributed by atoms with Crippen LogP contribution in [-0.4, -0.2) is 14.6 Å². The second-order valence-corrected chi connectivity index (χ2v) is 4.35. The van der Waals surface area contributed by atoms with Crippen LogP contribution in [0.2, 0.25) is 0 Å². The van der Waals surface area contributed by atoms with Gasteiger partial charge in [-0.15, -0.1) is 5.10 Å². The Labute approximate surface area is 115 Å². The monoisotopic (exact) mass is 296 g/mol. The molecule has 3 aromatic rings. The highest BCUT2D eigenvalue weighted by Crippen LogP contribution is 2.35. The zero-order chi connectivity index (χ0) is 15.2. The van der Waals surface area contributed by atoms with Crippen LogP contribution in [-0.2, 0) is 6.18 Å². The lowest BCUT2D eigenvalue weighted by Gasteiger charge is -2.10. The molecular weight excluding hydrogens is 288 g/mol. The molecule has 0 amide bonds. The second-order valence-electron chi connectivity index (χ2n) is 4.35. The molecule has 2 heterocycles. The Balaban J connectivity index is 2.24. The average Bonchev–Trinajstić information content (AvgIpc) is 2.78. The van der Waals surface area contributed by atoms with Crippen LogP contribution in [0.5, 0.6) is 0 Å². The van der Waals surface area contributed by atoms with Gasteiger partial charge in [-0.2, -0.15) is 18.2 Å². The second kappa shape index (κ2) is 4.44. The van der Waals surface area contributed by atoms with E-state index in [4.69, 9.17) is 5.73 Å². The van der Waals surface area contributed by atoms with Gasteiger partial charge in [0.25, 0.3) is 0 Å². The van der Waals surface area contributed by atoms with E-state index < -0.39 is 17.6 Å². The van der Waals surface area contributed by atoms with E-state index in [2.05, 4.69) is 10.1 Å². The summed E-state index contributed by atoms with van der Waals surface area (Å²) < 4.78 is 53.0. The molecule has 0 radical (unpaired) electrons. The molecule has 2 aromatic heterocycles. The molecule has 0 atom stereocenters. The number of pyridine rings is 1. The molecule has 0 saturated heterocycles. The highest BCUT2D eigenvalue weighted by Gasteiger charge is 2.34. The van der Waals surface area contributed by atoms with Gasteiger partial charge in [0.15, 0.2) is 5.65 Å². The summed E-state index contributed by atoms with van der Waals surface area (Å²) in [4.78, 5) is 3.96. The van der Waals surface area contributed by atoms with E-state index in [0.29, 0.717) is 11.2 Å². The molecule has 0 saturated carbocycles. The van der Waals surface area contributed by atoms with Gasteiger partial charge in [-0.05, 0) is 29.8 Å². The topological polar surface area (TPSA) is 56.2 Å². The van der Waals surface area contributed by atoms with Crippen molar-refractivity contribution in [2.75, 3.05) is 5.73 Å². The first-order valence-corrected chi connectivity index (χ1v) is 5.84. The summed E-state index contributed by atoms with van der Waals surface area (Å²) in [7, 11) is 0. The van der Waals surface area contributed by atoms with E-state index >= 15 is 0 Å². The first-order chi connectivity index (χ1) is 9.86. The summed E-state index contributed by atoms with van der Waals surface area (Å²) >= 11 is 0. The molecule has 0 unspecified atom stereocenters. The maximum Gasteiger partial charge on any atom is 0.419 e. The van der Waals surface area contributed by atoms with Crippen molar-refractivity contribution in [3.05, 3.63) is 47.9 Å². The zero-order valence-corrected chi connectivity index (χ0v) is 10.4. The molecule has 8 heteroatoms. The van der Waals surface area contributed by atoms with Crippen molar-refractivity contribution in [1.82, 2.24) is 14.6 Å². The van der Waals surface area contributed by atoms with Crippen LogP contribution in [0.25, 0.3) is 16.8 Å². The number of nitrogens with zero attached hydrogens (tertiary/aromatic N) is 3. The Bertz CT molecular complexity index is 823. The molecule has 0 spiro atoms. The van der Waals surface area contributed by atoms with Crippen LogP contribution in [0.4, 0.5) is 23.5 Å². The minimum atomic E-state index is -4.77. The molecule has 1 aromatic carbocycles. The Morgan fingerprint density at radius 3 is 2.62 bits per heavy atom. The van der Waals surface area contributed by atoms with Gasteiger partial charge in [-0.1, -0.05) is 6.07 Å². The SMILES string of the molecule is Nc1nc2c(-c3ccc(F)c(C(F)(F)F)c3)cccn2n1. The number of halogens is 4. The number of aromatic nitrogens is 3. The van der Waals surface area contributed by atoms with Gasteiger partial charge in [0.1, 0.15) is 5.82 Å². The van der Waals surface area contributed by atoms with Crippen LogP contribution >= 0.6 is 0 Å². The standard InChI is InChI=1S/C13H8F4N4/c14-10-4-3-7(6-9(10)13(15,16)17)8-2-1-5-21-11(8)19-12(18)20-21/h1-6H,(H2,18,20). The van der Waals surface area contributed by atoms with E-state index in [1.807, 2.05) is 0 Å². The third-order valence-corrected chi connectivity index (χ3v) is 2.96. The number of nitrogens with two attached hydrogens (primary N) is 1. The molecule has 0 fully saturated rings. The van der Waals surface area contributed by atoms with Crippen molar-refractivity contribution in [3.63, 3.8) is 0 Å². The van der Waals surface area contributed by atoms with Gasteiger partial charge < -0.3 is 5.73 Å². The van der Waals surface area contributed by atoms with E-state index in [1.165, 1.54) is 10.6 Å². The van der Waals surface area contributed by atoms with Gasteiger partial charge in [-0.25, -0.2) is 8.91 Å². The predicted octanol–water partition coefficient (Wildman–Crippen LogP) is 3.14. The molecule has 21 heavy (non-hydrogen) atoms. The third kappa shape index (κ3) is 2.28. The highest BCUT2D eigenvalue weighted by molar-refractivity contribution is 5.78. The molecule has 108 valence electrons. The average molecular weight is 296 g/mol. The molecule has 2 N–H and O–H groups in total. The smallest absolute Gasteiger partial charge is 0.366 e. The predicted molar refractivity (Wildman–Crippen MR) is 67.8 cm³/mol. The summed E-state index contributed by atoms with van der Waals surface area (Å²) in [6, 6.07) is 5.94. The molecular formula is C13H8F4N4. The number of rotatable bonds is 1. The van der Waals surface area contributed by atoms with Gasteiger partial charge in [0, 0.05) is 11.8 Å². The lowest BCUT2D eigenvalue weighted by atomic mass is 10.0. The maximum absolute atomic E-state index is 13.3. The van der Waals surface area contributed by atoms with Crippen molar-refractivity contribution < 1.29 is 17.6 Å². The molecule has 0 bridgehead atoms. The number of fused-ring (bicyclic) bond motifs is 1. The first kappa shape index (κ1) is 13.3. The molecule has 4 nitrogen and oxygen atoms in total. The Morgan fingerprint density at radius 2 is 1.90 bits per heavy atom. The maximum atomic E-state index is 13.3. The fourth-order valence-corrected chi connectivity index (χ4v) is 2.06. The minimum Gasteiger partial charge on any atom is -0.366 e. The zero-order valence-electron chi connectivity index (χ0n) is 10.4. The van der Waals surface area contributed by atoms with Crippen molar-refractivity contribution in [3.8, 4) is 11.1 Å². The molecule has 0 aliphatic rings. The lowest BCUT2D eigenvalue weighted by Crippen LogP contribution is -2.08. The third-order valence-electron chi connectivity index (χ3n) is 2.96. The van der Waals surface area contributed by atoms with Crippen molar-refractivity contribution >= 4 is 11.6 Å². The van der Waals surface area contributed by atoms with Crippen LogP contribution in [0.3, 0.4) is 0 Å². The summed E-state index contributed by atoms with van der Waals surface area (Å²) in [5.41, 5.74) is 5.02. The van der Waals surface area contributed by atoms with E-state index in [1.54, 1.807) is 18.3 Å². The fourth-order valence-electron chi connectivity index (χ4n) is 2.06. The number of nitrogen functional groups attached to an aromatic ring is 1. The lowest BCUT2D eigenvalue weighted by molar-refractivity contribution is -0.139. The summed E-state index contributed by atoms with van der Waals surface area (Å²) in [5.74, 6) is -1.32. The summed E-state index contributed by atoms with van der Waals surface area (Å²) in [5, 5.41) is 3.88. The van der Waals surface area contributed by atoms with Gasteiger partial charge in [0.05, 0.1) is 5.56 Å². The molecule has 3 rings (SSSR count). The summed E-state index contributed by atoms with van der Waals surface area (Å²) in [6.45, 7) is 0. The van der Waals surface area contributed by atoms with Crippen molar-refractivity contribution in [1.29, 1.82) is 0 Å². The van der Waals surface area contributed by atoms with E-state index in [-0.39, 0.29) is 11.5 Å². The Hall–Kier alpha value is -2.64. The number of anilines is 1. The summed E-state index contributed by atoms with van der Waals surface area (Å²) in [6.07, 6.45) is -3.20. The number of benzene rings is 1. The normalized spacial score (nSPS) is 12.0. The van der Waals surface area contributed by atoms with Gasteiger partial charge >= 0.3 is 6.18 Å². The number of hydrogen-bond acceptors (Lipinski definition) is 3. The fraction of sp³-hybridized carbons (Fsp3) is 0.0769. The van der Waals surface area contributed by atoms with Crippen LogP contribution in [0.15, 0.2) is 36.5 Å². The highest BCUT2D eigenvalue weighted by atomic mass is 19.4. The molecule has 0 aliphatic carbocycles. The van der Waals surface area contributed by atoms with Crippen LogP contribution in [0, 0.1) is 5.82 Å². The first-order valence-electron chi connectivity index (χ1n) is 5.84. The van der Waals surface area contributed by atoms with Crippen molar-refractivity contribution in [2.45, 2.75) is 6.18 Å². The van der Waals surface area contributed by atoms with Crippen LogP contribution < -0.4 is 5.73 Å². The van der Waals surface area contributed by atoms with Gasteiger partial charge in [-0.3, -0.25) is 0 Å². The Kier molecular flexibility index (Phi) is 2.82. The van der Waals surface area contributed by atoms with Crippen LogP contribution in [0.1, 0.15) is 5.56 Å². The Morgan fingerprint density at radius 1 is 1.14 bits per heavy atom. The van der Waals surface area contributed by atoms with Crippen molar-refractivity contribution in [2.24, 2.45) is 0 Å². The number of alkyl halides is 3.